The summed E-state index contributed by atoms with van der Waals surface area (Å²) in [6.45, 7) is 0. The lowest BCUT2D eigenvalue weighted by Crippen LogP contribution is -2.28. The summed E-state index contributed by atoms with van der Waals surface area (Å²) in [5.74, 6) is -1.17. The lowest BCUT2D eigenvalue weighted by molar-refractivity contribution is 0.0696. The summed E-state index contributed by atoms with van der Waals surface area (Å²) < 4.78 is 4.51. The summed E-state index contributed by atoms with van der Waals surface area (Å²) in [5.41, 5.74) is -0.282. The van der Waals surface area contributed by atoms with E-state index in [1.54, 1.807) is 0 Å². The number of aromatic carboxylic acids is 1. The Balaban J connectivity index is 2.90. The molecular formula is C5H5BO5. The Hall–Kier alpha value is -1.27. The van der Waals surface area contributed by atoms with E-state index in [0.29, 0.717) is 0 Å². The largest absolute Gasteiger partial charge is 0.526 e. The highest BCUT2D eigenvalue weighted by Crippen LogP contribution is 1.97. The van der Waals surface area contributed by atoms with Crippen molar-refractivity contribution in [3.05, 3.63) is 17.9 Å². The van der Waals surface area contributed by atoms with Crippen LogP contribution in [0, 0.1) is 0 Å². The van der Waals surface area contributed by atoms with E-state index in [1.807, 2.05) is 0 Å². The van der Waals surface area contributed by atoms with Gasteiger partial charge in [-0.1, -0.05) is 0 Å². The molecule has 1 aromatic rings. The van der Waals surface area contributed by atoms with Crippen molar-refractivity contribution in [2.75, 3.05) is 0 Å². The van der Waals surface area contributed by atoms with E-state index in [9.17, 15) is 4.79 Å². The Kier molecular flexibility index (Phi) is 1.97. The molecule has 11 heavy (non-hydrogen) atoms. The zero-order chi connectivity index (χ0) is 8.43. The van der Waals surface area contributed by atoms with Gasteiger partial charge in [-0.2, -0.15) is 0 Å². The van der Waals surface area contributed by atoms with Crippen LogP contribution in [0.4, 0.5) is 0 Å². The van der Waals surface area contributed by atoms with Gasteiger partial charge in [0.1, 0.15) is 11.9 Å². The molecule has 58 valence electrons. The molecule has 3 N–H and O–H groups in total. The fraction of sp³-hybridized carbons (Fsp3) is 0. The van der Waals surface area contributed by atoms with Gasteiger partial charge in [0, 0.05) is 0 Å². The summed E-state index contributed by atoms with van der Waals surface area (Å²) in [4.78, 5) is 10.2. The second kappa shape index (κ2) is 2.77. The molecule has 1 heterocycles. The zero-order valence-electron chi connectivity index (χ0n) is 5.39. The third-order valence-corrected chi connectivity index (χ3v) is 1.12. The van der Waals surface area contributed by atoms with Crippen LogP contribution in [0.15, 0.2) is 16.7 Å². The molecule has 1 aromatic heterocycles. The van der Waals surface area contributed by atoms with E-state index in [4.69, 9.17) is 15.2 Å². The fourth-order valence-corrected chi connectivity index (χ4v) is 0.600. The molecule has 0 aromatic carbocycles. The summed E-state index contributed by atoms with van der Waals surface area (Å²) in [6, 6.07) is 1.05. The van der Waals surface area contributed by atoms with Crippen molar-refractivity contribution in [3.8, 4) is 0 Å². The third kappa shape index (κ3) is 1.60. The van der Waals surface area contributed by atoms with Crippen LogP contribution in [0.2, 0.25) is 0 Å². The maximum Gasteiger partial charge on any atom is 0.526 e. The van der Waals surface area contributed by atoms with Crippen molar-refractivity contribution >= 4 is 18.7 Å². The molecule has 0 saturated heterocycles. The number of furan rings is 1. The van der Waals surface area contributed by atoms with Gasteiger partial charge in [-0.05, 0) is 6.07 Å². The average Bonchev–Trinajstić information content (AvgIpc) is 2.33. The molecule has 0 aliphatic rings. The van der Waals surface area contributed by atoms with Gasteiger partial charge >= 0.3 is 13.1 Å². The minimum absolute atomic E-state index is 0.104. The van der Waals surface area contributed by atoms with E-state index in [0.717, 1.165) is 12.3 Å². The number of rotatable bonds is 2. The smallest absolute Gasteiger partial charge is 0.478 e. The quantitative estimate of drug-likeness (QED) is 0.460. The van der Waals surface area contributed by atoms with Crippen molar-refractivity contribution in [2.45, 2.75) is 0 Å². The van der Waals surface area contributed by atoms with Crippen LogP contribution in [0.25, 0.3) is 0 Å². The van der Waals surface area contributed by atoms with Crippen molar-refractivity contribution in [1.82, 2.24) is 0 Å². The summed E-state index contributed by atoms with van der Waals surface area (Å²) in [7, 11) is -1.76. The van der Waals surface area contributed by atoms with E-state index in [-0.39, 0.29) is 11.2 Å². The molecule has 5 nitrogen and oxygen atoms in total. The second-order valence-corrected chi connectivity index (χ2v) is 1.92. The number of carboxylic acids is 1. The van der Waals surface area contributed by atoms with Gasteiger partial charge in [0.05, 0.1) is 5.56 Å². The molecule has 0 radical (unpaired) electrons. The number of carboxylic acid groups (broad SMARTS) is 1. The van der Waals surface area contributed by atoms with Gasteiger partial charge in [-0.3, -0.25) is 0 Å². The first-order valence-electron chi connectivity index (χ1n) is 2.79. The predicted octanol–water partition coefficient (Wildman–Crippen LogP) is -1.34. The lowest BCUT2D eigenvalue weighted by Gasteiger charge is -1.87. The van der Waals surface area contributed by atoms with Crippen LogP contribution in [0.1, 0.15) is 10.4 Å². The SMILES string of the molecule is O=C(O)c1coc(B(O)O)c1. The van der Waals surface area contributed by atoms with E-state index in [1.165, 1.54) is 0 Å². The van der Waals surface area contributed by atoms with Crippen molar-refractivity contribution in [2.24, 2.45) is 0 Å². The molecule has 0 aliphatic heterocycles. The van der Waals surface area contributed by atoms with Gasteiger partial charge in [0.15, 0.2) is 0 Å². The molecule has 0 spiro atoms. The normalized spacial score (nSPS) is 9.64. The Morgan fingerprint density at radius 3 is 2.45 bits per heavy atom. The molecule has 6 heteroatoms. The maximum absolute atomic E-state index is 10.2. The molecule has 0 aliphatic carbocycles. The lowest BCUT2D eigenvalue weighted by atomic mass is 9.87. The standard InChI is InChI=1S/C5H5BO5/c7-5(8)3-1-4(6(9)10)11-2-3/h1-2,9-10H,(H,7,8). The Labute approximate surface area is 62.0 Å². The summed E-state index contributed by atoms with van der Waals surface area (Å²) in [6.07, 6.45) is 0.942. The van der Waals surface area contributed by atoms with Crippen LogP contribution >= 0.6 is 0 Å². The topological polar surface area (TPSA) is 90.9 Å². The molecule has 0 amide bonds. The minimum Gasteiger partial charge on any atom is -0.478 e. The first-order chi connectivity index (χ1) is 5.11. The van der Waals surface area contributed by atoms with Crippen LogP contribution < -0.4 is 5.66 Å². The molecule has 0 atom stereocenters. The molecule has 1 rings (SSSR count). The zero-order valence-corrected chi connectivity index (χ0v) is 5.39. The first kappa shape index (κ1) is 7.84. The Morgan fingerprint density at radius 1 is 1.55 bits per heavy atom. The second-order valence-electron chi connectivity index (χ2n) is 1.92. The summed E-state index contributed by atoms with van der Waals surface area (Å²) >= 11 is 0. The third-order valence-electron chi connectivity index (χ3n) is 1.12. The van der Waals surface area contributed by atoms with Gasteiger partial charge in [-0.15, -0.1) is 0 Å². The van der Waals surface area contributed by atoms with Crippen molar-refractivity contribution in [3.63, 3.8) is 0 Å². The van der Waals surface area contributed by atoms with E-state index >= 15 is 0 Å². The van der Waals surface area contributed by atoms with Crippen LogP contribution in [0.5, 0.6) is 0 Å². The molecule has 0 saturated carbocycles. The van der Waals surface area contributed by atoms with Gasteiger partial charge < -0.3 is 19.6 Å². The fourth-order valence-electron chi connectivity index (χ4n) is 0.600. The van der Waals surface area contributed by atoms with Crippen LogP contribution in [-0.4, -0.2) is 28.2 Å². The van der Waals surface area contributed by atoms with Crippen molar-refractivity contribution < 1.29 is 24.4 Å². The monoisotopic (exact) mass is 156 g/mol. The maximum atomic E-state index is 10.2. The van der Waals surface area contributed by atoms with Crippen molar-refractivity contribution in [1.29, 1.82) is 0 Å². The van der Waals surface area contributed by atoms with Crippen LogP contribution in [-0.2, 0) is 0 Å². The predicted molar refractivity (Wildman–Crippen MR) is 35.5 cm³/mol. The molecule has 0 bridgehead atoms. The number of carbonyl (C=O) groups is 1. The highest BCUT2D eigenvalue weighted by atomic mass is 16.4. The van der Waals surface area contributed by atoms with Gasteiger partial charge in [-0.25, -0.2) is 4.79 Å². The number of hydrogen-bond acceptors (Lipinski definition) is 4. The highest BCUT2D eigenvalue weighted by Gasteiger charge is 2.18. The Bertz CT molecular complexity index is 266. The minimum atomic E-state index is -1.76. The molecule has 0 fully saturated rings. The Morgan fingerprint density at radius 2 is 2.18 bits per heavy atom. The molecular weight excluding hydrogens is 151 g/mol. The first-order valence-corrected chi connectivity index (χ1v) is 2.79. The summed E-state index contributed by atoms with van der Waals surface area (Å²) in [5, 5.41) is 25.3. The average molecular weight is 156 g/mol. The van der Waals surface area contributed by atoms with Gasteiger partial charge in [0.2, 0.25) is 0 Å². The number of hydrogen-bond donors (Lipinski definition) is 3. The highest BCUT2D eigenvalue weighted by molar-refractivity contribution is 6.57. The van der Waals surface area contributed by atoms with E-state index in [2.05, 4.69) is 4.42 Å². The van der Waals surface area contributed by atoms with E-state index < -0.39 is 13.1 Å². The van der Waals surface area contributed by atoms with Gasteiger partial charge in [0.25, 0.3) is 0 Å². The van der Waals surface area contributed by atoms with Crippen LogP contribution in [0.3, 0.4) is 0 Å². The molecule has 0 unspecified atom stereocenters.